The molecule has 0 bridgehead atoms. The van der Waals surface area contributed by atoms with Gasteiger partial charge in [0.2, 0.25) is 0 Å². The molecule has 2 heteroatoms. The maximum absolute atomic E-state index is 12.2. The van der Waals surface area contributed by atoms with Gasteiger partial charge in [0.25, 0.3) is 0 Å². The maximum atomic E-state index is 12.2. The van der Waals surface area contributed by atoms with Crippen LogP contribution in [0.25, 0.3) is 0 Å². The van der Waals surface area contributed by atoms with Crippen LogP contribution in [0.3, 0.4) is 0 Å². The Morgan fingerprint density at radius 3 is 2.25 bits per heavy atom. The minimum Gasteiger partial charge on any atom is -0.368 e. The number of ketones is 1. The Labute approximate surface area is 101 Å². The van der Waals surface area contributed by atoms with Crippen LogP contribution in [0.2, 0.25) is 0 Å². The number of ether oxygens (including phenoxy) is 1. The van der Waals surface area contributed by atoms with Gasteiger partial charge in [0.15, 0.2) is 5.78 Å². The maximum Gasteiger partial charge on any atom is 0.164 e. The van der Waals surface area contributed by atoms with Crippen LogP contribution in [0.5, 0.6) is 0 Å². The molecule has 0 aromatic rings. The fourth-order valence-corrected chi connectivity index (χ4v) is 2.14. The molecule has 0 aromatic carbocycles. The SMILES string of the molecule is CCCC(=O)C(CC)(CC(C)CC)OCC. The Hall–Kier alpha value is -0.370. The van der Waals surface area contributed by atoms with E-state index in [1.807, 2.05) is 13.8 Å². The minimum absolute atomic E-state index is 0.291. The number of carbonyl (C=O) groups is 1. The van der Waals surface area contributed by atoms with Gasteiger partial charge in [0.1, 0.15) is 5.60 Å². The smallest absolute Gasteiger partial charge is 0.164 e. The first-order valence-electron chi connectivity index (χ1n) is 6.73. The lowest BCUT2D eigenvalue weighted by Gasteiger charge is -2.33. The lowest BCUT2D eigenvalue weighted by molar-refractivity contribution is -0.147. The molecule has 16 heavy (non-hydrogen) atoms. The molecule has 0 aliphatic heterocycles. The van der Waals surface area contributed by atoms with Crippen molar-refractivity contribution in [3.8, 4) is 0 Å². The average Bonchev–Trinajstić information content (AvgIpc) is 2.28. The molecule has 0 aromatic heterocycles. The molecule has 96 valence electrons. The highest BCUT2D eigenvalue weighted by Gasteiger charge is 2.37. The number of hydrogen-bond acceptors (Lipinski definition) is 2. The van der Waals surface area contributed by atoms with E-state index >= 15 is 0 Å². The van der Waals surface area contributed by atoms with E-state index in [1.54, 1.807) is 0 Å². The highest BCUT2D eigenvalue weighted by molar-refractivity contribution is 5.87. The van der Waals surface area contributed by atoms with Crippen molar-refractivity contribution in [2.75, 3.05) is 6.61 Å². The van der Waals surface area contributed by atoms with Crippen LogP contribution in [0.1, 0.15) is 66.7 Å². The highest BCUT2D eigenvalue weighted by atomic mass is 16.5. The molecular formula is C14H28O2. The summed E-state index contributed by atoms with van der Waals surface area (Å²) >= 11 is 0. The van der Waals surface area contributed by atoms with Crippen LogP contribution in [-0.4, -0.2) is 18.0 Å². The third-order valence-electron chi connectivity index (χ3n) is 3.35. The van der Waals surface area contributed by atoms with Gasteiger partial charge >= 0.3 is 0 Å². The number of Topliss-reactive ketones (excluding diaryl/α,β-unsaturated/α-hetero) is 1. The first kappa shape index (κ1) is 15.6. The summed E-state index contributed by atoms with van der Waals surface area (Å²) in [5, 5.41) is 0. The summed E-state index contributed by atoms with van der Waals surface area (Å²) in [7, 11) is 0. The summed E-state index contributed by atoms with van der Waals surface area (Å²) in [5.41, 5.74) is -0.514. The molecule has 0 fully saturated rings. The number of carbonyl (C=O) groups excluding carboxylic acids is 1. The van der Waals surface area contributed by atoms with Gasteiger partial charge < -0.3 is 4.74 Å². The Balaban J connectivity index is 4.75. The zero-order valence-corrected chi connectivity index (χ0v) is 11.6. The van der Waals surface area contributed by atoms with E-state index in [0.29, 0.717) is 24.7 Å². The van der Waals surface area contributed by atoms with E-state index in [9.17, 15) is 4.79 Å². The largest absolute Gasteiger partial charge is 0.368 e. The predicted octanol–water partition coefficient (Wildman–Crippen LogP) is 3.98. The van der Waals surface area contributed by atoms with Crippen molar-refractivity contribution in [3.05, 3.63) is 0 Å². The van der Waals surface area contributed by atoms with Crippen molar-refractivity contribution in [3.63, 3.8) is 0 Å². The van der Waals surface area contributed by atoms with Crippen molar-refractivity contribution in [2.24, 2.45) is 5.92 Å². The molecule has 0 spiro atoms. The third-order valence-corrected chi connectivity index (χ3v) is 3.35. The molecule has 0 aliphatic carbocycles. The van der Waals surface area contributed by atoms with Gasteiger partial charge in [-0.3, -0.25) is 4.79 Å². The first-order valence-corrected chi connectivity index (χ1v) is 6.73. The number of hydrogen-bond donors (Lipinski definition) is 0. The summed E-state index contributed by atoms with van der Waals surface area (Å²) in [5.74, 6) is 0.840. The van der Waals surface area contributed by atoms with Gasteiger partial charge in [-0.15, -0.1) is 0 Å². The molecule has 2 nitrogen and oxygen atoms in total. The van der Waals surface area contributed by atoms with Crippen LogP contribution >= 0.6 is 0 Å². The van der Waals surface area contributed by atoms with E-state index in [1.165, 1.54) is 0 Å². The predicted molar refractivity (Wildman–Crippen MR) is 68.6 cm³/mol. The third kappa shape index (κ3) is 4.25. The van der Waals surface area contributed by atoms with E-state index in [0.717, 1.165) is 25.7 Å². The normalized spacial score (nSPS) is 16.8. The molecule has 0 amide bonds. The molecule has 0 aliphatic rings. The Bertz CT molecular complexity index is 201. The number of rotatable bonds is 9. The van der Waals surface area contributed by atoms with E-state index in [4.69, 9.17) is 4.74 Å². The quantitative estimate of drug-likeness (QED) is 0.596. The minimum atomic E-state index is -0.514. The molecule has 2 atom stereocenters. The van der Waals surface area contributed by atoms with Crippen molar-refractivity contribution in [1.29, 1.82) is 0 Å². The summed E-state index contributed by atoms with van der Waals surface area (Å²) in [6, 6.07) is 0. The van der Waals surface area contributed by atoms with Gasteiger partial charge in [-0.05, 0) is 32.1 Å². The summed E-state index contributed by atoms with van der Waals surface area (Å²) in [6.07, 6.45) is 4.32. The Morgan fingerprint density at radius 1 is 1.25 bits per heavy atom. The van der Waals surface area contributed by atoms with Crippen molar-refractivity contribution >= 4 is 5.78 Å². The van der Waals surface area contributed by atoms with Crippen LogP contribution in [-0.2, 0) is 9.53 Å². The zero-order chi connectivity index (χ0) is 12.6. The molecule has 0 N–H and O–H groups in total. The standard InChI is InChI=1S/C14H28O2/c1-6-10-13(15)14(8-3,16-9-4)11-12(5)7-2/h12H,6-11H2,1-5H3. The van der Waals surface area contributed by atoms with Gasteiger partial charge in [-0.2, -0.15) is 0 Å². The fourth-order valence-electron chi connectivity index (χ4n) is 2.14. The van der Waals surface area contributed by atoms with E-state index < -0.39 is 5.60 Å². The molecule has 2 unspecified atom stereocenters. The van der Waals surface area contributed by atoms with Crippen molar-refractivity contribution in [1.82, 2.24) is 0 Å². The van der Waals surface area contributed by atoms with E-state index in [2.05, 4.69) is 20.8 Å². The fraction of sp³-hybridized carbons (Fsp3) is 0.929. The monoisotopic (exact) mass is 228 g/mol. The molecule has 0 rings (SSSR count). The van der Waals surface area contributed by atoms with Gasteiger partial charge in [0.05, 0.1) is 0 Å². The van der Waals surface area contributed by atoms with Crippen LogP contribution in [0.4, 0.5) is 0 Å². The summed E-state index contributed by atoms with van der Waals surface area (Å²) in [6.45, 7) is 11.1. The molecule has 0 saturated heterocycles. The topological polar surface area (TPSA) is 26.3 Å². The second-order valence-corrected chi connectivity index (χ2v) is 4.67. The summed E-state index contributed by atoms with van der Waals surface area (Å²) < 4.78 is 5.82. The average molecular weight is 228 g/mol. The molecule has 0 saturated carbocycles. The lowest BCUT2D eigenvalue weighted by Crippen LogP contribution is -2.42. The van der Waals surface area contributed by atoms with Crippen LogP contribution in [0, 0.1) is 5.92 Å². The summed E-state index contributed by atoms with van der Waals surface area (Å²) in [4.78, 5) is 12.2. The van der Waals surface area contributed by atoms with Crippen molar-refractivity contribution < 1.29 is 9.53 Å². The second-order valence-electron chi connectivity index (χ2n) is 4.67. The molecule has 0 heterocycles. The Kier molecular flexibility index (Phi) is 7.65. The van der Waals surface area contributed by atoms with Crippen LogP contribution < -0.4 is 0 Å². The zero-order valence-electron chi connectivity index (χ0n) is 11.6. The van der Waals surface area contributed by atoms with Gasteiger partial charge in [-0.1, -0.05) is 34.1 Å². The molecular weight excluding hydrogens is 200 g/mol. The van der Waals surface area contributed by atoms with Gasteiger partial charge in [0, 0.05) is 13.0 Å². The van der Waals surface area contributed by atoms with Gasteiger partial charge in [-0.25, -0.2) is 0 Å². The second kappa shape index (κ2) is 7.83. The highest BCUT2D eigenvalue weighted by Crippen LogP contribution is 2.29. The van der Waals surface area contributed by atoms with Crippen LogP contribution in [0.15, 0.2) is 0 Å². The lowest BCUT2D eigenvalue weighted by atomic mass is 9.82. The van der Waals surface area contributed by atoms with E-state index in [-0.39, 0.29) is 0 Å². The molecule has 0 radical (unpaired) electrons. The van der Waals surface area contributed by atoms with Crippen molar-refractivity contribution in [2.45, 2.75) is 72.3 Å². The first-order chi connectivity index (χ1) is 7.56. The Morgan fingerprint density at radius 2 is 1.88 bits per heavy atom.